The average molecular weight is 318 g/mol. The van der Waals surface area contributed by atoms with Gasteiger partial charge in [0, 0.05) is 17.7 Å². The normalized spacial score (nSPS) is 17.4. The first-order chi connectivity index (χ1) is 10.7. The molecule has 1 saturated heterocycles. The molecule has 0 spiro atoms. The van der Waals surface area contributed by atoms with Crippen LogP contribution in [0.2, 0.25) is 5.02 Å². The second kappa shape index (κ2) is 6.30. The molecular weight excluding hydrogens is 302 g/mol. The molecule has 0 bridgehead atoms. The smallest absolute Gasteiger partial charge is 0.224 e. The van der Waals surface area contributed by atoms with Crippen molar-refractivity contribution in [1.82, 2.24) is 4.57 Å². The first-order valence-electron chi connectivity index (χ1n) is 7.11. The van der Waals surface area contributed by atoms with E-state index in [1.54, 1.807) is 34.9 Å². The third kappa shape index (κ3) is 3.03. The van der Waals surface area contributed by atoms with Crippen LogP contribution >= 0.6 is 11.6 Å². The van der Waals surface area contributed by atoms with E-state index in [0.29, 0.717) is 34.6 Å². The summed E-state index contributed by atoms with van der Waals surface area (Å²) in [6.07, 6.45) is 2.09. The Kier molecular flexibility index (Phi) is 4.23. The van der Waals surface area contributed by atoms with Gasteiger partial charge in [0.1, 0.15) is 17.5 Å². The highest BCUT2D eigenvalue weighted by atomic mass is 35.5. The fourth-order valence-corrected chi connectivity index (χ4v) is 2.75. The molecule has 0 radical (unpaired) electrons. The third-order valence-electron chi connectivity index (χ3n) is 3.61. The van der Waals surface area contributed by atoms with Crippen LogP contribution in [0, 0.1) is 11.3 Å². The summed E-state index contributed by atoms with van der Waals surface area (Å²) >= 11 is 5.97. The second-order valence-electron chi connectivity index (χ2n) is 5.21. The van der Waals surface area contributed by atoms with Crippen molar-refractivity contribution in [2.75, 3.05) is 12.3 Å². The zero-order chi connectivity index (χ0) is 15.5. The van der Waals surface area contributed by atoms with Crippen molar-refractivity contribution in [3.8, 4) is 17.7 Å². The van der Waals surface area contributed by atoms with Crippen LogP contribution in [0.3, 0.4) is 0 Å². The molecule has 114 valence electrons. The molecule has 22 heavy (non-hydrogen) atoms. The molecule has 5 nitrogen and oxygen atoms in total. The van der Waals surface area contributed by atoms with Crippen LogP contribution in [-0.4, -0.2) is 17.3 Å². The zero-order valence-corrected chi connectivity index (χ0v) is 12.7. The van der Waals surface area contributed by atoms with Crippen molar-refractivity contribution in [2.24, 2.45) is 0 Å². The molecule has 0 saturated carbocycles. The molecule has 3 rings (SSSR count). The molecule has 2 heterocycles. The van der Waals surface area contributed by atoms with E-state index < -0.39 is 0 Å². The number of rotatable bonds is 4. The summed E-state index contributed by atoms with van der Waals surface area (Å²) in [7, 11) is 0. The number of hydrogen-bond acceptors (Lipinski definition) is 4. The second-order valence-corrected chi connectivity index (χ2v) is 5.64. The SMILES string of the molecule is N#Cc1cc(N)c(Oc2cccc(Cl)c2)n1CC1CCCO1. The predicted molar refractivity (Wildman–Crippen MR) is 84.1 cm³/mol. The number of nitrogen functional groups attached to an aromatic ring is 1. The maximum Gasteiger partial charge on any atom is 0.224 e. The zero-order valence-electron chi connectivity index (χ0n) is 12.0. The van der Waals surface area contributed by atoms with Crippen LogP contribution in [0.1, 0.15) is 18.5 Å². The van der Waals surface area contributed by atoms with Gasteiger partial charge in [-0.2, -0.15) is 5.26 Å². The molecule has 1 aromatic heterocycles. The number of nitrogens with two attached hydrogens (primary N) is 1. The molecule has 1 aromatic carbocycles. The Hall–Kier alpha value is -2.16. The van der Waals surface area contributed by atoms with Crippen molar-refractivity contribution >= 4 is 17.3 Å². The van der Waals surface area contributed by atoms with Crippen LogP contribution in [0.4, 0.5) is 5.69 Å². The quantitative estimate of drug-likeness (QED) is 0.935. The van der Waals surface area contributed by atoms with Gasteiger partial charge in [0.25, 0.3) is 0 Å². The number of anilines is 1. The summed E-state index contributed by atoms with van der Waals surface area (Å²) in [5, 5.41) is 9.87. The summed E-state index contributed by atoms with van der Waals surface area (Å²) in [4.78, 5) is 0. The van der Waals surface area contributed by atoms with Gasteiger partial charge in [0.15, 0.2) is 0 Å². The lowest BCUT2D eigenvalue weighted by Gasteiger charge is -2.16. The van der Waals surface area contributed by atoms with Gasteiger partial charge in [-0.1, -0.05) is 17.7 Å². The van der Waals surface area contributed by atoms with E-state index in [9.17, 15) is 5.26 Å². The standard InChI is InChI=1S/C16H16ClN3O2/c17-11-3-1-4-13(7-11)22-16-15(19)8-12(9-18)20(16)10-14-5-2-6-21-14/h1,3-4,7-8,14H,2,5-6,10,19H2. The van der Waals surface area contributed by atoms with Crippen LogP contribution in [0.5, 0.6) is 11.6 Å². The van der Waals surface area contributed by atoms with Gasteiger partial charge in [-0.25, -0.2) is 0 Å². The Bertz CT molecular complexity index is 715. The molecule has 0 aliphatic carbocycles. The maximum absolute atomic E-state index is 9.30. The number of nitriles is 1. The Morgan fingerprint density at radius 1 is 1.45 bits per heavy atom. The molecule has 2 aromatic rings. The molecule has 1 unspecified atom stereocenters. The van der Waals surface area contributed by atoms with Crippen LogP contribution in [0.15, 0.2) is 30.3 Å². The molecule has 2 N–H and O–H groups in total. The van der Waals surface area contributed by atoms with E-state index in [1.807, 2.05) is 0 Å². The Labute approximate surface area is 133 Å². The number of aromatic nitrogens is 1. The Balaban J connectivity index is 1.92. The summed E-state index contributed by atoms with van der Waals surface area (Å²) in [5.41, 5.74) is 6.90. The van der Waals surface area contributed by atoms with Gasteiger partial charge in [0.05, 0.1) is 18.3 Å². The highest BCUT2D eigenvalue weighted by molar-refractivity contribution is 6.30. The number of ether oxygens (including phenoxy) is 2. The van der Waals surface area contributed by atoms with Crippen molar-refractivity contribution in [1.29, 1.82) is 5.26 Å². The molecule has 6 heteroatoms. The Morgan fingerprint density at radius 2 is 2.32 bits per heavy atom. The van der Waals surface area contributed by atoms with E-state index in [4.69, 9.17) is 26.8 Å². The molecule has 0 amide bonds. The highest BCUT2D eigenvalue weighted by Crippen LogP contribution is 2.33. The minimum absolute atomic E-state index is 0.0839. The number of nitrogens with zero attached hydrogens (tertiary/aromatic N) is 2. The summed E-state index contributed by atoms with van der Waals surface area (Å²) in [5.74, 6) is 1.03. The maximum atomic E-state index is 9.30. The summed E-state index contributed by atoms with van der Waals surface area (Å²) < 4.78 is 13.3. The Morgan fingerprint density at radius 3 is 3.00 bits per heavy atom. The van der Waals surface area contributed by atoms with E-state index in [1.165, 1.54) is 0 Å². The van der Waals surface area contributed by atoms with Crippen LogP contribution in [-0.2, 0) is 11.3 Å². The van der Waals surface area contributed by atoms with Gasteiger partial charge >= 0.3 is 0 Å². The molecule has 1 fully saturated rings. The monoisotopic (exact) mass is 317 g/mol. The largest absolute Gasteiger partial charge is 0.439 e. The van der Waals surface area contributed by atoms with Crippen LogP contribution in [0.25, 0.3) is 0 Å². The summed E-state index contributed by atoms with van der Waals surface area (Å²) in [6.45, 7) is 1.31. The number of hydrogen-bond donors (Lipinski definition) is 1. The fraction of sp³-hybridized carbons (Fsp3) is 0.312. The number of benzene rings is 1. The molecule has 1 atom stereocenters. The highest BCUT2D eigenvalue weighted by Gasteiger charge is 2.22. The fourth-order valence-electron chi connectivity index (χ4n) is 2.57. The van der Waals surface area contributed by atoms with Crippen LogP contribution < -0.4 is 10.5 Å². The minimum Gasteiger partial charge on any atom is -0.439 e. The molecule has 1 aliphatic heterocycles. The van der Waals surface area contributed by atoms with Gasteiger partial charge in [-0.15, -0.1) is 0 Å². The average Bonchev–Trinajstić information content (AvgIpc) is 3.10. The van der Waals surface area contributed by atoms with Gasteiger partial charge < -0.3 is 15.2 Å². The van der Waals surface area contributed by atoms with Crippen molar-refractivity contribution < 1.29 is 9.47 Å². The van der Waals surface area contributed by atoms with E-state index >= 15 is 0 Å². The predicted octanol–water partition coefficient (Wildman–Crippen LogP) is 3.57. The minimum atomic E-state index is 0.0839. The molecular formula is C16H16ClN3O2. The van der Waals surface area contributed by atoms with Gasteiger partial charge in [-0.3, -0.25) is 4.57 Å². The van der Waals surface area contributed by atoms with E-state index in [-0.39, 0.29) is 6.10 Å². The first-order valence-corrected chi connectivity index (χ1v) is 7.49. The van der Waals surface area contributed by atoms with E-state index in [0.717, 1.165) is 19.4 Å². The topological polar surface area (TPSA) is 73.2 Å². The lowest BCUT2D eigenvalue weighted by Crippen LogP contribution is -2.16. The van der Waals surface area contributed by atoms with E-state index in [2.05, 4.69) is 6.07 Å². The third-order valence-corrected chi connectivity index (χ3v) is 3.85. The van der Waals surface area contributed by atoms with Crippen molar-refractivity contribution in [2.45, 2.75) is 25.5 Å². The lowest BCUT2D eigenvalue weighted by molar-refractivity contribution is 0.0952. The lowest BCUT2D eigenvalue weighted by atomic mass is 10.2. The van der Waals surface area contributed by atoms with Gasteiger partial charge in [0.2, 0.25) is 5.88 Å². The van der Waals surface area contributed by atoms with Gasteiger partial charge in [-0.05, 0) is 31.0 Å². The number of halogens is 1. The van der Waals surface area contributed by atoms with Crippen molar-refractivity contribution in [3.05, 3.63) is 41.0 Å². The van der Waals surface area contributed by atoms with Crippen molar-refractivity contribution in [3.63, 3.8) is 0 Å². The molecule has 1 aliphatic rings. The summed E-state index contributed by atoms with van der Waals surface area (Å²) in [6, 6.07) is 10.8. The first kappa shape index (κ1) is 14.8.